The molecular formula is C25H22F3NO5. The zero-order valence-corrected chi connectivity index (χ0v) is 17.6. The van der Waals surface area contributed by atoms with Gasteiger partial charge in [-0.3, -0.25) is 4.79 Å². The Morgan fingerprint density at radius 2 is 1.65 bits per heavy atom. The molecule has 0 unspecified atom stereocenters. The fourth-order valence-corrected chi connectivity index (χ4v) is 4.12. The Morgan fingerprint density at radius 3 is 2.29 bits per heavy atom. The second-order valence-corrected chi connectivity index (χ2v) is 8.24. The second-order valence-electron chi connectivity index (χ2n) is 8.24. The number of carbonyl (C=O) groups excluding carboxylic acids is 1. The van der Waals surface area contributed by atoms with Gasteiger partial charge in [0.05, 0.1) is 16.5 Å². The number of halogens is 3. The van der Waals surface area contributed by atoms with Crippen LogP contribution >= 0.6 is 0 Å². The molecule has 0 saturated heterocycles. The summed E-state index contributed by atoms with van der Waals surface area (Å²) in [4.78, 5) is 24.3. The predicted octanol–water partition coefficient (Wildman–Crippen LogP) is 5.96. The van der Waals surface area contributed by atoms with E-state index in [0.717, 1.165) is 11.6 Å². The van der Waals surface area contributed by atoms with Crippen molar-refractivity contribution < 1.29 is 40.2 Å². The minimum atomic E-state index is -4.63. The molecular weight excluding hydrogens is 451 g/mol. The highest BCUT2D eigenvalue weighted by Crippen LogP contribution is 2.51. The minimum absolute atomic E-state index is 0. The Hall–Kier alpha value is -4.01. The lowest BCUT2D eigenvalue weighted by Crippen LogP contribution is -2.27. The van der Waals surface area contributed by atoms with Gasteiger partial charge in [-0.05, 0) is 72.0 Å². The van der Waals surface area contributed by atoms with Crippen molar-refractivity contribution >= 4 is 17.6 Å². The number of anilines is 1. The average molecular weight is 473 g/mol. The number of rotatable bonds is 5. The zero-order valence-electron chi connectivity index (χ0n) is 17.6. The lowest BCUT2D eigenvalue weighted by atomic mass is 9.94. The molecule has 1 amide bonds. The molecule has 0 spiro atoms. The number of carboxylic acid groups (broad SMARTS) is 1. The molecule has 2 aliphatic rings. The summed E-state index contributed by atoms with van der Waals surface area (Å²) in [6.45, 7) is 0.111. The quantitative estimate of drug-likeness (QED) is 0.478. The van der Waals surface area contributed by atoms with Crippen LogP contribution < -0.4 is 14.8 Å². The monoisotopic (exact) mass is 473 g/mol. The highest BCUT2D eigenvalue weighted by molar-refractivity contribution is 6.02. The Kier molecular flexibility index (Phi) is 5.00. The van der Waals surface area contributed by atoms with Gasteiger partial charge in [0.1, 0.15) is 0 Å². The van der Waals surface area contributed by atoms with Gasteiger partial charge in [0.2, 0.25) is 12.7 Å². The van der Waals surface area contributed by atoms with Gasteiger partial charge in [-0.1, -0.05) is 18.2 Å². The molecule has 1 fully saturated rings. The fourth-order valence-electron chi connectivity index (χ4n) is 4.12. The van der Waals surface area contributed by atoms with Gasteiger partial charge in [-0.25, -0.2) is 4.79 Å². The molecule has 9 heteroatoms. The van der Waals surface area contributed by atoms with E-state index in [4.69, 9.17) is 14.6 Å². The molecule has 0 atom stereocenters. The Morgan fingerprint density at radius 1 is 0.941 bits per heavy atom. The number of hydrogen-bond donors (Lipinski definition) is 2. The van der Waals surface area contributed by atoms with Gasteiger partial charge in [-0.15, -0.1) is 0 Å². The maximum atomic E-state index is 13.7. The van der Waals surface area contributed by atoms with Crippen LogP contribution in [0.3, 0.4) is 0 Å². The molecule has 1 aliphatic heterocycles. The van der Waals surface area contributed by atoms with Gasteiger partial charge in [-0.2, -0.15) is 13.2 Å². The lowest BCUT2D eigenvalue weighted by Gasteiger charge is -2.18. The summed E-state index contributed by atoms with van der Waals surface area (Å²) in [5.74, 6) is -0.348. The van der Waals surface area contributed by atoms with Crippen molar-refractivity contribution in [2.45, 2.75) is 24.4 Å². The smallest absolute Gasteiger partial charge is 0.417 e. The number of benzene rings is 3. The van der Waals surface area contributed by atoms with Crippen molar-refractivity contribution in [1.82, 2.24) is 0 Å². The van der Waals surface area contributed by atoms with Gasteiger partial charge >= 0.3 is 12.1 Å². The molecule has 2 N–H and O–H groups in total. The Balaban J connectivity index is 0.00000180. The third kappa shape index (κ3) is 3.83. The van der Waals surface area contributed by atoms with E-state index in [1.54, 1.807) is 18.2 Å². The Labute approximate surface area is 194 Å². The van der Waals surface area contributed by atoms with E-state index in [9.17, 15) is 22.8 Å². The first-order chi connectivity index (χ1) is 16.2. The van der Waals surface area contributed by atoms with E-state index in [2.05, 4.69) is 5.32 Å². The van der Waals surface area contributed by atoms with Crippen LogP contribution in [0.1, 0.15) is 37.2 Å². The number of hydrogen-bond acceptors (Lipinski definition) is 4. The summed E-state index contributed by atoms with van der Waals surface area (Å²) >= 11 is 0. The molecule has 0 bridgehead atoms. The summed E-state index contributed by atoms with van der Waals surface area (Å²) in [5, 5.41) is 11.8. The summed E-state index contributed by atoms with van der Waals surface area (Å²) < 4.78 is 51.7. The van der Waals surface area contributed by atoms with Crippen LogP contribution in [-0.2, 0) is 16.4 Å². The molecule has 34 heavy (non-hydrogen) atoms. The normalized spacial score (nSPS) is 15.6. The van der Waals surface area contributed by atoms with E-state index in [1.165, 1.54) is 36.4 Å². The van der Waals surface area contributed by atoms with Crippen molar-refractivity contribution in [3.8, 4) is 22.6 Å². The maximum absolute atomic E-state index is 13.7. The molecule has 0 aromatic heterocycles. The Bertz CT molecular complexity index is 1310. The highest BCUT2D eigenvalue weighted by atomic mass is 19.4. The van der Waals surface area contributed by atoms with Crippen LogP contribution in [0, 0.1) is 0 Å². The zero-order chi connectivity index (χ0) is 24.1. The van der Waals surface area contributed by atoms with Crippen molar-refractivity contribution in [3.63, 3.8) is 0 Å². The maximum Gasteiger partial charge on any atom is 0.417 e. The molecule has 3 aromatic rings. The lowest BCUT2D eigenvalue weighted by molar-refractivity contribution is -0.137. The van der Waals surface area contributed by atoms with Crippen LogP contribution in [-0.4, -0.2) is 23.8 Å². The third-order valence-corrected chi connectivity index (χ3v) is 6.14. The number of amides is 1. The first-order valence-electron chi connectivity index (χ1n) is 10.4. The van der Waals surface area contributed by atoms with E-state index < -0.39 is 23.1 Å². The van der Waals surface area contributed by atoms with Crippen LogP contribution in [0.15, 0.2) is 60.7 Å². The van der Waals surface area contributed by atoms with Crippen molar-refractivity contribution in [2.75, 3.05) is 12.1 Å². The number of carbonyl (C=O) groups is 2. The predicted molar refractivity (Wildman–Crippen MR) is 120 cm³/mol. The van der Waals surface area contributed by atoms with Crippen LogP contribution in [0.4, 0.5) is 18.9 Å². The molecule has 1 aliphatic carbocycles. The summed E-state index contributed by atoms with van der Waals surface area (Å²) in [7, 11) is 0. The van der Waals surface area contributed by atoms with E-state index in [0.29, 0.717) is 24.3 Å². The third-order valence-electron chi connectivity index (χ3n) is 6.14. The van der Waals surface area contributed by atoms with Crippen molar-refractivity contribution in [3.05, 3.63) is 77.4 Å². The molecule has 0 radical (unpaired) electrons. The first-order valence-corrected chi connectivity index (χ1v) is 10.4. The summed E-state index contributed by atoms with van der Waals surface area (Å²) in [6, 6.07) is 13.8. The topological polar surface area (TPSA) is 84.9 Å². The minimum Gasteiger partial charge on any atom is -0.478 e. The molecule has 178 valence electrons. The largest absolute Gasteiger partial charge is 0.478 e. The SMILES string of the molecule is O=C(O)c1ccc(-c2cc(NC(=O)C3(c4ccc5c(c4)OCO5)CC3)ccc2C(F)(F)F)cc1.[HH].[HH]. The summed E-state index contributed by atoms with van der Waals surface area (Å²) in [5.41, 5.74) is -0.715. The number of fused-ring (bicyclic) bond motifs is 1. The van der Waals surface area contributed by atoms with E-state index in [-0.39, 0.29) is 37.9 Å². The van der Waals surface area contributed by atoms with Crippen LogP contribution in [0.5, 0.6) is 11.5 Å². The molecule has 1 heterocycles. The fraction of sp³-hybridized carbons (Fsp3) is 0.200. The standard InChI is InChI=1S/C25H18F3NO5.2H2/c26-25(27,28)19-7-6-17(12-18(19)14-1-3-15(4-2-14)22(30)31)29-23(32)24(9-10-24)16-5-8-20-21(11-16)34-13-33-20;;/h1-8,11-12H,9-10,13H2,(H,29,32)(H,30,31);2*1H. The first kappa shape index (κ1) is 21.8. The number of carboxylic acids is 1. The average Bonchev–Trinajstić information content (AvgIpc) is 3.49. The highest BCUT2D eigenvalue weighted by Gasteiger charge is 2.51. The second kappa shape index (κ2) is 7.79. The van der Waals surface area contributed by atoms with Gasteiger partial charge in [0.15, 0.2) is 11.5 Å². The van der Waals surface area contributed by atoms with Crippen LogP contribution in [0.25, 0.3) is 11.1 Å². The number of ether oxygens (including phenoxy) is 2. The van der Waals surface area contributed by atoms with E-state index >= 15 is 0 Å². The van der Waals surface area contributed by atoms with Crippen molar-refractivity contribution in [1.29, 1.82) is 0 Å². The molecule has 5 rings (SSSR count). The number of alkyl halides is 3. The van der Waals surface area contributed by atoms with E-state index in [1.807, 2.05) is 0 Å². The van der Waals surface area contributed by atoms with Crippen molar-refractivity contribution in [2.24, 2.45) is 0 Å². The van der Waals surface area contributed by atoms with Crippen LogP contribution in [0.2, 0.25) is 0 Å². The molecule has 6 nitrogen and oxygen atoms in total. The van der Waals surface area contributed by atoms with Gasteiger partial charge in [0, 0.05) is 8.54 Å². The molecule has 1 saturated carbocycles. The number of nitrogens with one attached hydrogen (secondary N) is 1. The van der Waals surface area contributed by atoms with Gasteiger partial charge < -0.3 is 19.9 Å². The number of aromatic carboxylic acids is 1. The summed E-state index contributed by atoms with van der Waals surface area (Å²) in [6.07, 6.45) is -3.43. The van der Waals surface area contributed by atoms with Gasteiger partial charge in [0.25, 0.3) is 0 Å². The molecule has 3 aromatic carbocycles.